The number of hydrogen-bond donors (Lipinski definition) is 1. The number of rotatable bonds is 5. The monoisotopic (exact) mass is 327 g/mol. The highest BCUT2D eigenvalue weighted by Gasteiger charge is 2.24. The average Bonchev–Trinajstić information content (AvgIpc) is 2.45. The van der Waals surface area contributed by atoms with Crippen molar-refractivity contribution in [2.45, 2.75) is 32.9 Å². The highest BCUT2D eigenvalue weighted by atomic mass is 79.9. The molecule has 0 radical (unpaired) electrons. The molecule has 0 bridgehead atoms. The van der Waals surface area contributed by atoms with E-state index < -0.39 is 0 Å². The minimum Gasteiger partial charge on any atom is -0.377 e. The third kappa shape index (κ3) is 3.68. The number of hydrogen-bond acceptors (Lipinski definition) is 4. The lowest BCUT2D eigenvalue weighted by Crippen LogP contribution is -2.46. The zero-order valence-electron chi connectivity index (χ0n) is 11.7. The topological polar surface area (TPSA) is 37.4 Å². The summed E-state index contributed by atoms with van der Waals surface area (Å²) >= 11 is 3.51. The molecule has 0 aliphatic carbocycles. The lowest BCUT2D eigenvalue weighted by atomic mass is 10.1. The Morgan fingerprint density at radius 1 is 1.53 bits per heavy atom. The van der Waals surface area contributed by atoms with Gasteiger partial charge in [-0.15, -0.1) is 0 Å². The van der Waals surface area contributed by atoms with E-state index in [-0.39, 0.29) is 0 Å². The summed E-state index contributed by atoms with van der Waals surface area (Å²) in [6, 6.07) is 2.59. The van der Waals surface area contributed by atoms with E-state index >= 15 is 0 Å². The Bertz CT molecular complexity index is 414. The van der Waals surface area contributed by atoms with Crippen LogP contribution < -0.4 is 10.2 Å². The predicted molar refractivity (Wildman–Crippen MR) is 81.6 cm³/mol. The second kappa shape index (κ2) is 7.22. The van der Waals surface area contributed by atoms with Crippen LogP contribution in [0.1, 0.15) is 25.8 Å². The fourth-order valence-electron chi connectivity index (χ4n) is 2.39. The zero-order valence-corrected chi connectivity index (χ0v) is 13.2. The summed E-state index contributed by atoms with van der Waals surface area (Å²) in [7, 11) is 0. The van der Waals surface area contributed by atoms with Crippen LogP contribution in [0.3, 0.4) is 0 Å². The van der Waals surface area contributed by atoms with E-state index in [2.05, 4.69) is 51.0 Å². The number of aromatic nitrogens is 1. The first-order valence-electron chi connectivity index (χ1n) is 6.95. The molecule has 0 aromatic carbocycles. The SMILES string of the molecule is CCNCc1cc(Br)cnc1N1CCOCC1CC. The first-order valence-corrected chi connectivity index (χ1v) is 7.75. The van der Waals surface area contributed by atoms with Gasteiger partial charge in [0.15, 0.2) is 0 Å². The fraction of sp³-hybridized carbons (Fsp3) is 0.643. The summed E-state index contributed by atoms with van der Waals surface area (Å²) in [4.78, 5) is 7.03. The van der Waals surface area contributed by atoms with Gasteiger partial charge in [-0.05, 0) is 35.0 Å². The van der Waals surface area contributed by atoms with Crippen molar-refractivity contribution in [3.8, 4) is 0 Å². The molecule has 1 aliphatic heterocycles. The van der Waals surface area contributed by atoms with Crippen LogP contribution in [0.2, 0.25) is 0 Å². The maximum absolute atomic E-state index is 5.58. The van der Waals surface area contributed by atoms with Crippen LogP contribution in [0, 0.1) is 0 Å². The van der Waals surface area contributed by atoms with Crippen LogP contribution in [0.25, 0.3) is 0 Å². The quantitative estimate of drug-likeness (QED) is 0.901. The van der Waals surface area contributed by atoms with Gasteiger partial charge >= 0.3 is 0 Å². The first-order chi connectivity index (χ1) is 9.26. The van der Waals surface area contributed by atoms with Crippen LogP contribution in [-0.2, 0) is 11.3 Å². The molecule has 1 aromatic rings. The highest BCUT2D eigenvalue weighted by Crippen LogP contribution is 2.25. The van der Waals surface area contributed by atoms with E-state index in [4.69, 9.17) is 4.74 Å². The number of nitrogens with zero attached hydrogens (tertiary/aromatic N) is 2. The molecule has 0 spiro atoms. The van der Waals surface area contributed by atoms with Crippen molar-refractivity contribution in [1.29, 1.82) is 0 Å². The number of ether oxygens (including phenoxy) is 1. The number of nitrogens with one attached hydrogen (secondary N) is 1. The fourth-order valence-corrected chi connectivity index (χ4v) is 2.77. The molecular formula is C14H22BrN3O. The molecule has 106 valence electrons. The standard InChI is InChI=1S/C14H22BrN3O/c1-3-13-10-19-6-5-18(13)14-11(8-16-4-2)7-12(15)9-17-14/h7,9,13,16H,3-6,8,10H2,1-2H3. The predicted octanol–water partition coefficient (Wildman–Crippen LogP) is 2.57. The molecule has 1 aromatic heterocycles. The van der Waals surface area contributed by atoms with Gasteiger partial charge in [0.25, 0.3) is 0 Å². The van der Waals surface area contributed by atoms with Gasteiger partial charge in [0, 0.05) is 29.3 Å². The highest BCUT2D eigenvalue weighted by molar-refractivity contribution is 9.10. The minimum atomic E-state index is 0.433. The van der Waals surface area contributed by atoms with Gasteiger partial charge in [-0.1, -0.05) is 13.8 Å². The number of anilines is 1. The van der Waals surface area contributed by atoms with Gasteiger partial charge in [-0.25, -0.2) is 4.98 Å². The Balaban J connectivity index is 2.25. The Hall–Kier alpha value is -0.650. The first kappa shape index (κ1) is 14.8. The molecule has 1 N–H and O–H groups in total. The van der Waals surface area contributed by atoms with Crippen molar-refractivity contribution in [2.24, 2.45) is 0 Å². The van der Waals surface area contributed by atoms with Gasteiger partial charge in [-0.2, -0.15) is 0 Å². The molecule has 1 unspecified atom stereocenters. The van der Waals surface area contributed by atoms with Crippen molar-refractivity contribution in [3.63, 3.8) is 0 Å². The largest absolute Gasteiger partial charge is 0.377 e. The van der Waals surface area contributed by atoms with Crippen molar-refractivity contribution in [2.75, 3.05) is 31.2 Å². The molecule has 2 heterocycles. The molecule has 2 rings (SSSR count). The zero-order chi connectivity index (χ0) is 13.7. The maximum Gasteiger partial charge on any atom is 0.133 e. The molecule has 1 saturated heterocycles. The number of morpholine rings is 1. The molecule has 1 fully saturated rings. The molecule has 1 atom stereocenters. The molecular weight excluding hydrogens is 306 g/mol. The number of pyridine rings is 1. The van der Waals surface area contributed by atoms with E-state index in [0.29, 0.717) is 6.04 Å². The Kier molecular flexibility index (Phi) is 5.60. The Labute approximate surface area is 123 Å². The summed E-state index contributed by atoms with van der Waals surface area (Å²) in [5.41, 5.74) is 1.25. The Morgan fingerprint density at radius 2 is 2.37 bits per heavy atom. The molecule has 19 heavy (non-hydrogen) atoms. The van der Waals surface area contributed by atoms with E-state index in [1.165, 1.54) is 5.56 Å². The lowest BCUT2D eigenvalue weighted by Gasteiger charge is -2.37. The van der Waals surface area contributed by atoms with Crippen LogP contribution >= 0.6 is 15.9 Å². The van der Waals surface area contributed by atoms with Crippen LogP contribution in [0.4, 0.5) is 5.82 Å². The summed E-state index contributed by atoms with van der Waals surface area (Å²) in [6.07, 6.45) is 2.96. The van der Waals surface area contributed by atoms with Gasteiger partial charge in [0.2, 0.25) is 0 Å². The molecule has 5 heteroatoms. The van der Waals surface area contributed by atoms with Crippen molar-refractivity contribution in [3.05, 3.63) is 22.3 Å². The van der Waals surface area contributed by atoms with Crippen molar-refractivity contribution >= 4 is 21.7 Å². The van der Waals surface area contributed by atoms with E-state index in [9.17, 15) is 0 Å². The van der Waals surface area contributed by atoms with Crippen LogP contribution in [-0.4, -0.2) is 37.3 Å². The van der Waals surface area contributed by atoms with Gasteiger partial charge in [0.05, 0.1) is 19.3 Å². The van der Waals surface area contributed by atoms with Gasteiger partial charge in [-0.3, -0.25) is 0 Å². The third-order valence-electron chi connectivity index (χ3n) is 3.45. The van der Waals surface area contributed by atoms with E-state index in [0.717, 1.165) is 49.6 Å². The molecule has 4 nitrogen and oxygen atoms in total. The third-order valence-corrected chi connectivity index (χ3v) is 3.88. The van der Waals surface area contributed by atoms with E-state index in [1.807, 2.05) is 6.20 Å². The molecule has 0 saturated carbocycles. The summed E-state index contributed by atoms with van der Waals surface area (Å²) in [6.45, 7) is 8.65. The average molecular weight is 328 g/mol. The lowest BCUT2D eigenvalue weighted by molar-refractivity contribution is 0.0924. The second-order valence-electron chi connectivity index (χ2n) is 4.75. The van der Waals surface area contributed by atoms with E-state index in [1.54, 1.807) is 0 Å². The molecule has 1 aliphatic rings. The smallest absolute Gasteiger partial charge is 0.133 e. The second-order valence-corrected chi connectivity index (χ2v) is 5.66. The van der Waals surface area contributed by atoms with Crippen molar-refractivity contribution < 1.29 is 4.74 Å². The van der Waals surface area contributed by atoms with Crippen molar-refractivity contribution in [1.82, 2.24) is 10.3 Å². The van der Waals surface area contributed by atoms with Crippen LogP contribution in [0.15, 0.2) is 16.7 Å². The summed E-state index contributed by atoms with van der Waals surface area (Å²) < 4.78 is 6.61. The minimum absolute atomic E-state index is 0.433. The number of halogens is 1. The Morgan fingerprint density at radius 3 is 3.11 bits per heavy atom. The normalized spacial score (nSPS) is 19.7. The van der Waals surface area contributed by atoms with Gasteiger partial charge in [0.1, 0.15) is 5.82 Å². The van der Waals surface area contributed by atoms with Gasteiger partial charge < -0.3 is 15.0 Å². The molecule has 0 amide bonds. The summed E-state index contributed by atoms with van der Waals surface area (Å²) in [5, 5.41) is 3.39. The maximum atomic E-state index is 5.58. The summed E-state index contributed by atoms with van der Waals surface area (Å²) in [5.74, 6) is 1.10. The van der Waals surface area contributed by atoms with Crippen LogP contribution in [0.5, 0.6) is 0 Å².